The van der Waals surface area contributed by atoms with Gasteiger partial charge in [-0.3, -0.25) is 4.98 Å². The molecule has 4 aromatic carbocycles. The second-order valence-electron chi connectivity index (χ2n) is 11.2. The van der Waals surface area contributed by atoms with Crippen molar-refractivity contribution >= 4 is 33.0 Å². The number of furan rings is 1. The molecule has 7 nitrogen and oxygen atoms in total. The third-order valence-electron chi connectivity index (χ3n) is 8.28. The fraction of sp³-hybridized carbons (Fsp3) is 0. The Hall–Kier alpha value is -6.60. The minimum absolute atomic E-state index is 0.570. The minimum Gasteiger partial charge on any atom is -0.436 e. The van der Waals surface area contributed by atoms with Crippen LogP contribution in [0.5, 0.6) is 0 Å². The fourth-order valence-corrected chi connectivity index (χ4v) is 5.91. The monoisotopic (exact) mass is 604 g/mol. The molecule has 9 aromatic rings. The van der Waals surface area contributed by atoms with Crippen LogP contribution in [0, 0.1) is 0 Å². The van der Waals surface area contributed by atoms with Crippen LogP contribution in [0.4, 0.5) is 0 Å². The standard InChI is InChI=1S/C40H24N6O/c1-3-8-27(9-4-1)37-44-38(28-10-5-2-6-11-28)46-39(45-37)29-16-14-25(15-17-29)30-13-7-12-26-18-20-33(42-36(26)30)34-21-19-32-31-22-23-41-24-35(31)47-40(32)43-34/h1-24H. The highest BCUT2D eigenvalue weighted by Crippen LogP contribution is 2.33. The molecule has 0 unspecified atom stereocenters. The van der Waals surface area contributed by atoms with Crippen molar-refractivity contribution in [3.05, 3.63) is 146 Å². The summed E-state index contributed by atoms with van der Waals surface area (Å²) < 4.78 is 5.99. The van der Waals surface area contributed by atoms with E-state index in [0.717, 1.165) is 60.9 Å². The number of rotatable bonds is 5. The van der Waals surface area contributed by atoms with Gasteiger partial charge < -0.3 is 4.42 Å². The molecule has 0 fully saturated rings. The summed E-state index contributed by atoms with van der Waals surface area (Å²) in [5.74, 6) is 1.89. The van der Waals surface area contributed by atoms with Gasteiger partial charge >= 0.3 is 0 Å². The Kier molecular flexibility index (Phi) is 6.31. The molecule has 47 heavy (non-hydrogen) atoms. The van der Waals surface area contributed by atoms with Gasteiger partial charge in [-0.05, 0) is 29.8 Å². The molecule has 0 N–H and O–H groups in total. The van der Waals surface area contributed by atoms with Crippen molar-refractivity contribution in [3.8, 4) is 56.7 Å². The van der Waals surface area contributed by atoms with Gasteiger partial charge in [-0.2, -0.15) is 0 Å². The van der Waals surface area contributed by atoms with E-state index in [2.05, 4.69) is 53.5 Å². The number of benzene rings is 4. The Balaban J connectivity index is 1.10. The van der Waals surface area contributed by atoms with Gasteiger partial charge in [0.05, 0.1) is 23.1 Å². The summed E-state index contributed by atoms with van der Waals surface area (Å²) in [6.45, 7) is 0. The molecule has 0 aliphatic rings. The van der Waals surface area contributed by atoms with Gasteiger partial charge in [0, 0.05) is 44.6 Å². The molecule has 0 aliphatic heterocycles. The highest BCUT2D eigenvalue weighted by Gasteiger charge is 2.15. The van der Waals surface area contributed by atoms with E-state index in [1.165, 1.54) is 0 Å². The van der Waals surface area contributed by atoms with Gasteiger partial charge in [0.1, 0.15) is 0 Å². The molecule has 0 saturated carbocycles. The smallest absolute Gasteiger partial charge is 0.228 e. The van der Waals surface area contributed by atoms with E-state index in [9.17, 15) is 0 Å². The van der Waals surface area contributed by atoms with Crippen LogP contribution in [0.25, 0.3) is 89.7 Å². The zero-order valence-corrected chi connectivity index (χ0v) is 24.9. The molecular weight excluding hydrogens is 580 g/mol. The zero-order chi connectivity index (χ0) is 31.2. The van der Waals surface area contributed by atoms with Gasteiger partial charge in [0.15, 0.2) is 23.1 Å². The Morgan fingerprint density at radius 1 is 0.426 bits per heavy atom. The van der Waals surface area contributed by atoms with Crippen molar-refractivity contribution in [2.45, 2.75) is 0 Å². The van der Waals surface area contributed by atoms with E-state index in [-0.39, 0.29) is 0 Å². The molecule has 0 amide bonds. The Bertz CT molecular complexity index is 2510. The SMILES string of the molecule is c1ccc(-c2nc(-c3ccccc3)nc(-c3ccc(-c4cccc5ccc(-c6ccc7c(n6)oc6cnccc67)nc45)cc3)n2)cc1. The predicted octanol–water partition coefficient (Wildman–Crippen LogP) is 9.44. The number of fused-ring (bicyclic) bond motifs is 4. The second-order valence-corrected chi connectivity index (χ2v) is 11.2. The highest BCUT2D eigenvalue weighted by molar-refractivity contribution is 6.03. The van der Waals surface area contributed by atoms with Crippen LogP contribution in [0.3, 0.4) is 0 Å². The summed E-state index contributed by atoms with van der Waals surface area (Å²) in [4.78, 5) is 28.7. The molecule has 0 spiro atoms. The molecule has 7 heteroatoms. The first kappa shape index (κ1) is 26.8. The first-order chi connectivity index (χ1) is 23.3. The summed E-state index contributed by atoms with van der Waals surface area (Å²) in [5.41, 5.74) is 8.54. The molecule has 0 atom stereocenters. The summed E-state index contributed by atoms with van der Waals surface area (Å²) in [5, 5.41) is 3.00. The van der Waals surface area contributed by atoms with Crippen molar-refractivity contribution in [1.29, 1.82) is 0 Å². The van der Waals surface area contributed by atoms with Gasteiger partial charge in [-0.1, -0.05) is 109 Å². The Morgan fingerprint density at radius 3 is 1.74 bits per heavy atom. The van der Waals surface area contributed by atoms with Gasteiger partial charge in [-0.15, -0.1) is 0 Å². The number of pyridine rings is 3. The summed E-state index contributed by atoms with van der Waals surface area (Å²) in [7, 11) is 0. The van der Waals surface area contributed by atoms with Crippen molar-refractivity contribution in [2.24, 2.45) is 0 Å². The number of para-hydroxylation sites is 1. The zero-order valence-electron chi connectivity index (χ0n) is 24.9. The van der Waals surface area contributed by atoms with Gasteiger partial charge in [-0.25, -0.2) is 24.9 Å². The summed E-state index contributed by atoms with van der Waals surface area (Å²) >= 11 is 0. The van der Waals surface area contributed by atoms with Gasteiger partial charge in [0.25, 0.3) is 0 Å². The number of hydrogen-bond donors (Lipinski definition) is 0. The largest absolute Gasteiger partial charge is 0.436 e. The average molecular weight is 605 g/mol. The van der Waals surface area contributed by atoms with Crippen LogP contribution in [0.1, 0.15) is 0 Å². The normalized spacial score (nSPS) is 11.4. The Morgan fingerprint density at radius 2 is 1.04 bits per heavy atom. The third kappa shape index (κ3) is 4.87. The molecule has 0 radical (unpaired) electrons. The van der Waals surface area contributed by atoms with Gasteiger partial charge in [0.2, 0.25) is 5.71 Å². The molecule has 0 aliphatic carbocycles. The first-order valence-electron chi connectivity index (χ1n) is 15.3. The third-order valence-corrected chi connectivity index (χ3v) is 8.28. The number of nitrogens with zero attached hydrogens (tertiary/aromatic N) is 6. The van der Waals surface area contributed by atoms with Crippen LogP contribution in [-0.4, -0.2) is 29.9 Å². The van der Waals surface area contributed by atoms with Crippen molar-refractivity contribution < 1.29 is 4.42 Å². The maximum Gasteiger partial charge on any atom is 0.228 e. The van der Waals surface area contributed by atoms with Crippen LogP contribution in [0.15, 0.2) is 150 Å². The minimum atomic E-state index is 0.570. The molecule has 220 valence electrons. The lowest BCUT2D eigenvalue weighted by molar-refractivity contribution is 0.652. The molecule has 5 aromatic heterocycles. The quantitative estimate of drug-likeness (QED) is 0.193. The van der Waals surface area contributed by atoms with E-state index in [1.54, 1.807) is 12.4 Å². The molecule has 9 rings (SSSR count). The first-order valence-corrected chi connectivity index (χ1v) is 15.3. The average Bonchev–Trinajstić information content (AvgIpc) is 3.53. The lowest BCUT2D eigenvalue weighted by atomic mass is 10.00. The van der Waals surface area contributed by atoms with Crippen LogP contribution in [-0.2, 0) is 0 Å². The second kappa shape index (κ2) is 11.1. The predicted molar refractivity (Wildman–Crippen MR) is 185 cm³/mol. The highest BCUT2D eigenvalue weighted by atomic mass is 16.3. The van der Waals surface area contributed by atoms with E-state index >= 15 is 0 Å². The van der Waals surface area contributed by atoms with E-state index in [1.807, 2.05) is 84.9 Å². The lowest BCUT2D eigenvalue weighted by Crippen LogP contribution is -2.00. The molecule has 0 bridgehead atoms. The van der Waals surface area contributed by atoms with Crippen molar-refractivity contribution in [1.82, 2.24) is 29.9 Å². The number of aromatic nitrogens is 6. The maximum absolute atomic E-state index is 5.99. The fourth-order valence-electron chi connectivity index (χ4n) is 5.91. The van der Waals surface area contributed by atoms with Crippen LogP contribution >= 0.6 is 0 Å². The molecule has 5 heterocycles. The van der Waals surface area contributed by atoms with Crippen molar-refractivity contribution in [2.75, 3.05) is 0 Å². The lowest BCUT2D eigenvalue weighted by Gasteiger charge is -2.10. The van der Waals surface area contributed by atoms with Crippen molar-refractivity contribution in [3.63, 3.8) is 0 Å². The molecular formula is C40H24N6O. The van der Waals surface area contributed by atoms with E-state index in [4.69, 9.17) is 29.3 Å². The van der Waals surface area contributed by atoms with Crippen LogP contribution in [0.2, 0.25) is 0 Å². The Labute approximate surface area is 269 Å². The molecule has 0 saturated heterocycles. The topological polar surface area (TPSA) is 90.5 Å². The summed E-state index contributed by atoms with van der Waals surface area (Å²) in [6.07, 6.45) is 3.48. The maximum atomic E-state index is 5.99. The van der Waals surface area contributed by atoms with E-state index in [0.29, 0.717) is 28.8 Å². The van der Waals surface area contributed by atoms with E-state index < -0.39 is 0 Å². The summed E-state index contributed by atoms with van der Waals surface area (Å²) in [6, 6.07) is 44.6. The number of hydrogen-bond acceptors (Lipinski definition) is 7. The van der Waals surface area contributed by atoms with Crippen LogP contribution < -0.4 is 0 Å².